The van der Waals surface area contributed by atoms with Gasteiger partial charge < -0.3 is 5.32 Å². The Balaban J connectivity index is 1.87. The van der Waals surface area contributed by atoms with Gasteiger partial charge in [0.1, 0.15) is 0 Å². The van der Waals surface area contributed by atoms with Crippen LogP contribution < -0.4 is 5.32 Å². The predicted octanol–water partition coefficient (Wildman–Crippen LogP) is 4.92. The molecular formula is C22H27NO. The second-order valence-corrected chi connectivity index (χ2v) is 7.26. The molecule has 126 valence electrons. The largest absolute Gasteiger partial charge is 0.352 e. The Labute approximate surface area is 145 Å². The molecule has 0 radical (unpaired) electrons. The first-order valence-electron chi connectivity index (χ1n) is 8.47. The summed E-state index contributed by atoms with van der Waals surface area (Å²) in [6.45, 7) is 9.33. The Morgan fingerprint density at radius 1 is 1.04 bits per heavy atom. The molecule has 2 rings (SSSR count). The molecule has 2 heteroatoms. The average molecular weight is 321 g/mol. The van der Waals surface area contributed by atoms with E-state index in [-0.39, 0.29) is 11.3 Å². The van der Waals surface area contributed by atoms with Crippen molar-refractivity contribution in [3.63, 3.8) is 0 Å². The summed E-state index contributed by atoms with van der Waals surface area (Å²) in [5.74, 6) is 0.243. The fourth-order valence-electron chi connectivity index (χ4n) is 2.48. The maximum atomic E-state index is 12.0. The van der Waals surface area contributed by atoms with E-state index in [9.17, 15) is 4.79 Å². The van der Waals surface area contributed by atoms with E-state index in [0.717, 1.165) is 5.56 Å². The number of carbonyl (C=O) groups is 1. The fourth-order valence-corrected chi connectivity index (χ4v) is 2.48. The highest BCUT2D eigenvalue weighted by Crippen LogP contribution is 2.22. The Bertz CT molecular complexity index is 678. The third-order valence-electron chi connectivity index (χ3n) is 4.15. The van der Waals surface area contributed by atoms with Gasteiger partial charge in [0, 0.05) is 12.6 Å². The minimum atomic E-state index is -0.0577. The van der Waals surface area contributed by atoms with Gasteiger partial charge in [-0.1, -0.05) is 82.3 Å². The number of hydrogen-bond acceptors (Lipinski definition) is 1. The first-order chi connectivity index (χ1) is 11.4. The normalized spacial score (nSPS) is 13.0. The number of amides is 1. The van der Waals surface area contributed by atoms with E-state index < -0.39 is 0 Å². The van der Waals surface area contributed by atoms with Gasteiger partial charge >= 0.3 is 0 Å². The molecule has 0 saturated heterocycles. The zero-order chi connectivity index (χ0) is 17.6. The molecule has 1 amide bonds. The molecule has 2 nitrogen and oxygen atoms in total. The SMILES string of the molecule is C[C@@H](CNC(=O)/C=C/c1ccc(C(C)(C)C)cc1)c1ccccc1. The van der Waals surface area contributed by atoms with Crippen LogP contribution in [0.2, 0.25) is 0 Å². The minimum Gasteiger partial charge on any atom is -0.352 e. The van der Waals surface area contributed by atoms with Crippen molar-refractivity contribution in [1.82, 2.24) is 5.32 Å². The number of benzene rings is 2. The zero-order valence-electron chi connectivity index (χ0n) is 15.0. The Hall–Kier alpha value is -2.35. The van der Waals surface area contributed by atoms with Crippen LogP contribution in [0.1, 0.15) is 50.3 Å². The molecule has 2 aromatic rings. The van der Waals surface area contributed by atoms with Gasteiger partial charge in [-0.25, -0.2) is 0 Å². The average Bonchev–Trinajstić information content (AvgIpc) is 2.58. The monoisotopic (exact) mass is 321 g/mol. The molecule has 0 bridgehead atoms. The van der Waals surface area contributed by atoms with Crippen molar-refractivity contribution in [2.75, 3.05) is 6.54 Å². The van der Waals surface area contributed by atoms with Gasteiger partial charge in [-0.05, 0) is 34.1 Å². The molecule has 0 unspecified atom stereocenters. The van der Waals surface area contributed by atoms with Crippen molar-refractivity contribution in [3.8, 4) is 0 Å². The van der Waals surface area contributed by atoms with Crippen LogP contribution in [0.4, 0.5) is 0 Å². The maximum absolute atomic E-state index is 12.0. The van der Waals surface area contributed by atoms with E-state index in [2.05, 4.69) is 69.4 Å². The van der Waals surface area contributed by atoms with Crippen LogP contribution in [0.5, 0.6) is 0 Å². The van der Waals surface area contributed by atoms with Crippen LogP contribution in [0.25, 0.3) is 6.08 Å². The van der Waals surface area contributed by atoms with Gasteiger partial charge in [-0.2, -0.15) is 0 Å². The summed E-state index contributed by atoms with van der Waals surface area (Å²) in [4.78, 5) is 12.0. The third kappa shape index (κ3) is 5.38. The second-order valence-electron chi connectivity index (χ2n) is 7.26. The van der Waals surface area contributed by atoms with Gasteiger partial charge in [-0.15, -0.1) is 0 Å². The highest BCUT2D eigenvalue weighted by atomic mass is 16.1. The molecule has 0 fully saturated rings. The molecule has 0 aliphatic rings. The molecule has 1 N–H and O–H groups in total. The fraction of sp³-hybridized carbons (Fsp3) is 0.318. The van der Waals surface area contributed by atoms with Gasteiger partial charge in [0.15, 0.2) is 0 Å². The molecule has 24 heavy (non-hydrogen) atoms. The molecule has 0 aliphatic carbocycles. The third-order valence-corrected chi connectivity index (χ3v) is 4.15. The first kappa shape index (κ1) is 18.0. The number of rotatable bonds is 5. The van der Waals surface area contributed by atoms with Crippen LogP contribution in [0.3, 0.4) is 0 Å². The van der Waals surface area contributed by atoms with Gasteiger partial charge in [0.05, 0.1) is 0 Å². The van der Waals surface area contributed by atoms with Crippen molar-refractivity contribution < 1.29 is 4.79 Å². The van der Waals surface area contributed by atoms with E-state index in [1.165, 1.54) is 11.1 Å². The highest BCUT2D eigenvalue weighted by molar-refractivity contribution is 5.91. The van der Waals surface area contributed by atoms with Crippen LogP contribution in [0.15, 0.2) is 60.7 Å². The number of hydrogen-bond donors (Lipinski definition) is 1. The van der Waals surface area contributed by atoms with Crippen molar-refractivity contribution >= 4 is 12.0 Å². The van der Waals surface area contributed by atoms with E-state index in [1.54, 1.807) is 6.08 Å². The van der Waals surface area contributed by atoms with Crippen molar-refractivity contribution in [2.24, 2.45) is 0 Å². The molecule has 0 spiro atoms. The van der Waals surface area contributed by atoms with Crippen LogP contribution in [0, 0.1) is 0 Å². The smallest absolute Gasteiger partial charge is 0.244 e. The summed E-state index contributed by atoms with van der Waals surface area (Å²) >= 11 is 0. The molecule has 0 heterocycles. The second kappa shape index (κ2) is 7.96. The lowest BCUT2D eigenvalue weighted by Crippen LogP contribution is -2.25. The van der Waals surface area contributed by atoms with Crippen LogP contribution in [-0.2, 0) is 10.2 Å². The van der Waals surface area contributed by atoms with Crippen molar-refractivity contribution in [2.45, 2.75) is 39.0 Å². The number of nitrogens with one attached hydrogen (secondary N) is 1. The maximum Gasteiger partial charge on any atom is 0.244 e. The summed E-state index contributed by atoms with van der Waals surface area (Å²) < 4.78 is 0. The predicted molar refractivity (Wildman–Crippen MR) is 102 cm³/mol. The molecule has 0 aliphatic heterocycles. The minimum absolute atomic E-state index is 0.0577. The van der Waals surface area contributed by atoms with Crippen LogP contribution >= 0.6 is 0 Å². The Kier molecular flexibility index (Phi) is 5.97. The Morgan fingerprint density at radius 2 is 1.67 bits per heavy atom. The summed E-state index contributed by atoms with van der Waals surface area (Å²) in [6, 6.07) is 18.6. The van der Waals surface area contributed by atoms with E-state index >= 15 is 0 Å². The lowest BCUT2D eigenvalue weighted by Gasteiger charge is -2.18. The standard InChI is InChI=1S/C22H27NO/c1-17(19-8-6-5-7-9-19)16-23-21(24)15-12-18-10-13-20(14-11-18)22(2,3)4/h5-15,17H,16H2,1-4H3,(H,23,24)/b15-12+/t17-/m0/s1. The topological polar surface area (TPSA) is 29.1 Å². The first-order valence-corrected chi connectivity index (χ1v) is 8.47. The quantitative estimate of drug-likeness (QED) is 0.778. The van der Waals surface area contributed by atoms with Crippen LogP contribution in [-0.4, -0.2) is 12.5 Å². The molecule has 0 saturated carbocycles. The highest BCUT2D eigenvalue weighted by Gasteiger charge is 2.12. The Morgan fingerprint density at radius 3 is 2.25 bits per heavy atom. The van der Waals surface area contributed by atoms with Gasteiger partial charge in [-0.3, -0.25) is 4.79 Å². The van der Waals surface area contributed by atoms with Crippen molar-refractivity contribution in [1.29, 1.82) is 0 Å². The number of carbonyl (C=O) groups excluding carboxylic acids is 1. The summed E-state index contributed by atoms with van der Waals surface area (Å²) in [5, 5.41) is 2.96. The van der Waals surface area contributed by atoms with E-state index in [4.69, 9.17) is 0 Å². The summed E-state index contributed by atoms with van der Waals surface area (Å²) in [6.07, 6.45) is 3.46. The zero-order valence-corrected chi connectivity index (χ0v) is 15.0. The van der Waals surface area contributed by atoms with Crippen molar-refractivity contribution in [3.05, 3.63) is 77.4 Å². The van der Waals surface area contributed by atoms with Gasteiger partial charge in [0.2, 0.25) is 5.91 Å². The van der Waals surface area contributed by atoms with E-state index in [0.29, 0.717) is 12.5 Å². The van der Waals surface area contributed by atoms with E-state index in [1.807, 2.05) is 24.3 Å². The summed E-state index contributed by atoms with van der Waals surface area (Å²) in [7, 11) is 0. The molecule has 0 aromatic heterocycles. The molecule has 1 atom stereocenters. The molecular weight excluding hydrogens is 294 g/mol. The summed E-state index contributed by atoms with van der Waals surface area (Å²) in [5.41, 5.74) is 3.71. The lowest BCUT2D eigenvalue weighted by molar-refractivity contribution is -0.116. The van der Waals surface area contributed by atoms with Gasteiger partial charge in [0.25, 0.3) is 0 Å². The molecule has 2 aromatic carbocycles. The lowest BCUT2D eigenvalue weighted by atomic mass is 9.87.